The molecule has 2 aromatic rings. The maximum atomic E-state index is 13.3. The van der Waals surface area contributed by atoms with Crippen LogP contribution in [0.2, 0.25) is 0 Å². The number of aromatic nitrogens is 2. The van der Waals surface area contributed by atoms with Gasteiger partial charge in [0, 0.05) is 24.5 Å². The molecule has 0 fully saturated rings. The summed E-state index contributed by atoms with van der Waals surface area (Å²) in [6.07, 6.45) is 3.49. The van der Waals surface area contributed by atoms with Crippen LogP contribution in [0.3, 0.4) is 0 Å². The fourth-order valence-corrected chi connectivity index (χ4v) is 1.92. The number of nitrogens with zero attached hydrogens (tertiary/aromatic N) is 2. The van der Waals surface area contributed by atoms with Gasteiger partial charge in [0.2, 0.25) is 0 Å². The molecule has 0 unspecified atom stereocenters. The fourth-order valence-electron chi connectivity index (χ4n) is 1.92. The topological polar surface area (TPSA) is 56.2 Å². The Hall–Kier alpha value is -2.44. The minimum Gasteiger partial charge on any atom is -0.481 e. The molecule has 5 nitrogen and oxygen atoms in total. The first-order valence-electron chi connectivity index (χ1n) is 6.83. The number of nitrogens with one attached hydrogen (secondary N) is 1. The van der Waals surface area contributed by atoms with E-state index in [1.54, 1.807) is 6.20 Å². The maximum Gasteiger partial charge on any atom is 0.258 e. The quantitative estimate of drug-likeness (QED) is 0.891. The van der Waals surface area contributed by atoms with Crippen molar-refractivity contribution in [1.82, 2.24) is 14.9 Å². The molecule has 0 aliphatic rings. The summed E-state index contributed by atoms with van der Waals surface area (Å²) in [6, 6.07) is 3.14. The Bertz CT molecular complexity index is 656. The first-order chi connectivity index (χ1) is 10.5. The molecule has 2 rings (SSSR count). The molecule has 1 heterocycles. The van der Waals surface area contributed by atoms with Crippen LogP contribution in [0.25, 0.3) is 0 Å². The van der Waals surface area contributed by atoms with Crippen molar-refractivity contribution in [3.05, 3.63) is 48.1 Å². The van der Waals surface area contributed by atoms with Gasteiger partial charge in [0.25, 0.3) is 5.91 Å². The normalized spacial score (nSPS) is 10.8. The highest BCUT2D eigenvalue weighted by molar-refractivity contribution is 5.77. The largest absolute Gasteiger partial charge is 0.481 e. The minimum absolute atomic E-state index is 0.166. The molecule has 0 radical (unpaired) electrons. The number of hydrogen-bond acceptors (Lipinski definition) is 3. The van der Waals surface area contributed by atoms with E-state index in [4.69, 9.17) is 4.74 Å². The zero-order chi connectivity index (χ0) is 16.1. The van der Waals surface area contributed by atoms with Crippen molar-refractivity contribution in [2.45, 2.75) is 26.4 Å². The Balaban J connectivity index is 1.84. The fraction of sp³-hybridized carbons (Fsp3) is 0.333. The third kappa shape index (κ3) is 4.03. The second kappa shape index (κ2) is 7.02. The summed E-state index contributed by atoms with van der Waals surface area (Å²) in [5, 5.41) is 2.64. The molecule has 0 spiro atoms. The summed E-state index contributed by atoms with van der Waals surface area (Å²) in [5.41, 5.74) is 0. The van der Waals surface area contributed by atoms with Crippen molar-refractivity contribution in [1.29, 1.82) is 0 Å². The molecule has 118 valence electrons. The molecule has 22 heavy (non-hydrogen) atoms. The highest BCUT2D eigenvalue weighted by Gasteiger charge is 2.10. The van der Waals surface area contributed by atoms with E-state index < -0.39 is 17.5 Å². The monoisotopic (exact) mass is 309 g/mol. The first-order valence-corrected chi connectivity index (χ1v) is 6.83. The molecule has 0 atom stereocenters. The molecule has 0 saturated heterocycles. The lowest BCUT2D eigenvalue weighted by atomic mass is 10.3. The van der Waals surface area contributed by atoms with E-state index in [-0.39, 0.29) is 24.9 Å². The maximum absolute atomic E-state index is 13.3. The third-order valence-electron chi connectivity index (χ3n) is 3.00. The molecule has 1 aromatic heterocycles. The van der Waals surface area contributed by atoms with Crippen LogP contribution < -0.4 is 10.1 Å². The number of halogens is 2. The van der Waals surface area contributed by atoms with Gasteiger partial charge in [-0.2, -0.15) is 0 Å². The van der Waals surface area contributed by atoms with Crippen molar-refractivity contribution < 1.29 is 18.3 Å². The molecule has 1 amide bonds. The van der Waals surface area contributed by atoms with Gasteiger partial charge >= 0.3 is 0 Å². The predicted octanol–water partition coefficient (Wildman–Crippen LogP) is 2.44. The van der Waals surface area contributed by atoms with E-state index in [1.165, 1.54) is 0 Å². The predicted molar refractivity (Wildman–Crippen MR) is 76.3 cm³/mol. The van der Waals surface area contributed by atoms with Gasteiger partial charge in [-0.05, 0) is 26.0 Å². The molecule has 0 aliphatic heterocycles. The van der Waals surface area contributed by atoms with Crippen LogP contribution >= 0.6 is 0 Å². The Labute approximate surface area is 126 Å². The van der Waals surface area contributed by atoms with Crippen LogP contribution in [-0.2, 0) is 11.3 Å². The van der Waals surface area contributed by atoms with E-state index in [0.717, 1.165) is 18.0 Å². The van der Waals surface area contributed by atoms with Gasteiger partial charge in [0.1, 0.15) is 11.6 Å². The van der Waals surface area contributed by atoms with Gasteiger partial charge < -0.3 is 14.6 Å². The average Bonchev–Trinajstić information content (AvgIpc) is 2.92. The lowest BCUT2D eigenvalue weighted by Crippen LogP contribution is -2.29. The molecular weight excluding hydrogens is 292 g/mol. The number of hydrogen-bond donors (Lipinski definition) is 1. The van der Waals surface area contributed by atoms with Crippen molar-refractivity contribution in [3.63, 3.8) is 0 Å². The van der Waals surface area contributed by atoms with E-state index >= 15 is 0 Å². The van der Waals surface area contributed by atoms with Crippen molar-refractivity contribution in [3.8, 4) is 5.75 Å². The van der Waals surface area contributed by atoms with E-state index in [2.05, 4.69) is 10.3 Å². The van der Waals surface area contributed by atoms with Crippen LogP contribution in [0.1, 0.15) is 25.7 Å². The van der Waals surface area contributed by atoms with Crippen LogP contribution in [0.5, 0.6) is 5.75 Å². The van der Waals surface area contributed by atoms with Crippen LogP contribution in [0, 0.1) is 11.6 Å². The van der Waals surface area contributed by atoms with Crippen LogP contribution in [0.4, 0.5) is 8.78 Å². The lowest BCUT2D eigenvalue weighted by Gasteiger charge is -2.12. The Morgan fingerprint density at radius 2 is 2.18 bits per heavy atom. The number of rotatable bonds is 6. The SMILES string of the molecule is CC(C)n1ccnc1CNC(=O)COc1ccc(F)cc1F. The summed E-state index contributed by atoms with van der Waals surface area (Å²) < 4.78 is 33.0. The highest BCUT2D eigenvalue weighted by Crippen LogP contribution is 2.17. The van der Waals surface area contributed by atoms with Crippen LogP contribution in [-0.4, -0.2) is 22.1 Å². The summed E-state index contributed by atoms with van der Waals surface area (Å²) >= 11 is 0. The molecular formula is C15H17F2N3O2. The summed E-state index contributed by atoms with van der Waals surface area (Å²) in [6.45, 7) is 3.91. The molecule has 0 aliphatic carbocycles. The van der Waals surface area contributed by atoms with Gasteiger partial charge in [0.05, 0.1) is 6.54 Å². The smallest absolute Gasteiger partial charge is 0.258 e. The van der Waals surface area contributed by atoms with Gasteiger partial charge in [-0.15, -0.1) is 0 Å². The molecule has 7 heteroatoms. The van der Waals surface area contributed by atoms with E-state index in [1.807, 2.05) is 24.6 Å². The number of imidazole rings is 1. The third-order valence-corrected chi connectivity index (χ3v) is 3.00. The number of carbonyl (C=O) groups excluding carboxylic acids is 1. The first kappa shape index (κ1) is 15.9. The van der Waals surface area contributed by atoms with Gasteiger partial charge in [-0.3, -0.25) is 4.79 Å². The standard InChI is InChI=1S/C15H17F2N3O2/c1-10(2)20-6-5-18-14(20)8-19-15(21)9-22-13-4-3-11(16)7-12(13)17/h3-7,10H,8-9H2,1-2H3,(H,19,21). The average molecular weight is 309 g/mol. The number of amides is 1. The summed E-state index contributed by atoms with van der Waals surface area (Å²) in [4.78, 5) is 15.9. The minimum atomic E-state index is -0.844. The van der Waals surface area contributed by atoms with E-state index in [9.17, 15) is 13.6 Å². The molecule has 1 N–H and O–H groups in total. The Morgan fingerprint density at radius 1 is 1.41 bits per heavy atom. The lowest BCUT2D eigenvalue weighted by molar-refractivity contribution is -0.123. The zero-order valence-electron chi connectivity index (χ0n) is 12.3. The highest BCUT2D eigenvalue weighted by atomic mass is 19.1. The Kier molecular flexibility index (Phi) is 5.08. The van der Waals surface area contributed by atoms with Crippen molar-refractivity contribution in [2.75, 3.05) is 6.61 Å². The van der Waals surface area contributed by atoms with Crippen molar-refractivity contribution in [2.24, 2.45) is 0 Å². The van der Waals surface area contributed by atoms with Crippen molar-refractivity contribution >= 4 is 5.91 Å². The summed E-state index contributed by atoms with van der Waals surface area (Å²) in [7, 11) is 0. The molecule has 0 saturated carbocycles. The summed E-state index contributed by atoms with van der Waals surface area (Å²) in [5.74, 6) is -1.41. The van der Waals surface area contributed by atoms with E-state index in [0.29, 0.717) is 6.07 Å². The zero-order valence-corrected chi connectivity index (χ0v) is 12.3. The molecule has 1 aromatic carbocycles. The number of benzene rings is 1. The number of carbonyl (C=O) groups is 1. The molecule has 0 bridgehead atoms. The number of ether oxygens (including phenoxy) is 1. The second-order valence-corrected chi connectivity index (χ2v) is 4.98. The van der Waals surface area contributed by atoms with Gasteiger partial charge in [-0.1, -0.05) is 0 Å². The van der Waals surface area contributed by atoms with Gasteiger partial charge in [-0.25, -0.2) is 13.8 Å². The van der Waals surface area contributed by atoms with Crippen LogP contribution in [0.15, 0.2) is 30.6 Å². The second-order valence-electron chi connectivity index (χ2n) is 4.98. The Morgan fingerprint density at radius 3 is 2.86 bits per heavy atom. The van der Waals surface area contributed by atoms with Gasteiger partial charge in [0.15, 0.2) is 18.2 Å².